The van der Waals surface area contributed by atoms with Crippen LogP contribution < -0.4 is 5.73 Å². The van der Waals surface area contributed by atoms with Crippen LogP contribution in [0.1, 0.15) is 23.2 Å². The molecule has 3 aromatic rings. The summed E-state index contributed by atoms with van der Waals surface area (Å²) in [7, 11) is 1.93. The zero-order chi connectivity index (χ0) is 13.6. The van der Waals surface area contributed by atoms with Gasteiger partial charge in [-0.25, -0.2) is 9.97 Å². The van der Waals surface area contributed by atoms with Gasteiger partial charge in [-0.1, -0.05) is 6.92 Å². The Morgan fingerprint density at radius 3 is 2.84 bits per heavy atom. The third kappa shape index (κ3) is 1.81. The molecular formula is C12H16N6S. The normalized spacial score (nSPS) is 11.5. The zero-order valence-corrected chi connectivity index (χ0v) is 12.0. The Labute approximate surface area is 114 Å². The fourth-order valence-electron chi connectivity index (χ4n) is 2.27. The van der Waals surface area contributed by atoms with E-state index in [9.17, 15) is 0 Å². The molecule has 0 aromatic carbocycles. The van der Waals surface area contributed by atoms with Crippen molar-refractivity contribution >= 4 is 28.4 Å². The number of thiazole rings is 1. The highest BCUT2D eigenvalue weighted by Gasteiger charge is 2.18. The van der Waals surface area contributed by atoms with Gasteiger partial charge in [0.25, 0.3) is 0 Å². The molecule has 0 aliphatic carbocycles. The number of hydrogen-bond acceptors (Lipinski definition) is 5. The molecular weight excluding hydrogens is 260 g/mol. The molecule has 0 saturated heterocycles. The second-order valence-corrected chi connectivity index (χ2v) is 5.45. The van der Waals surface area contributed by atoms with E-state index >= 15 is 0 Å². The molecule has 0 spiro atoms. The Bertz CT molecular complexity index is 735. The molecule has 0 saturated carbocycles. The third-order valence-corrected chi connectivity index (χ3v) is 4.22. The van der Waals surface area contributed by atoms with E-state index < -0.39 is 0 Å². The first-order valence-corrected chi connectivity index (χ1v) is 7.06. The van der Waals surface area contributed by atoms with Crippen LogP contribution in [0.25, 0.3) is 11.2 Å². The summed E-state index contributed by atoms with van der Waals surface area (Å²) < 4.78 is 3.86. The minimum Gasteiger partial charge on any atom is -0.369 e. The number of aryl methyl sites for hydroxylation is 3. The molecule has 0 aliphatic heterocycles. The van der Waals surface area contributed by atoms with Crippen LogP contribution in [0.4, 0.5) is 5.95 Å². The summed E-state index contributed by atoms with van der Waals surface area (Å²) >= 11 is 1.64. The lowest BCUT2D eigenvalue weighted by Crippen LogP contribution is -2.08. The van der Waals surface area contributed by atoms with Crippen LogP contribution in [0.3, 0.4) is 0 Å². The van der Waals surface area contributed by atoms with Crippen molar-refractivity contribution in [3.05, 3.63) is 21.8 Å². The van der Waals surface area contributed by atoms with Crippen LogP contribution >= 0.6 is 11.3 Å². The van der Waals surface area contributed by atoms with Crippen LogP contribution in [0.5, 0.6) is 0 Å². The lowest BCUT2D eigenvalue weighted by atomic mass is 10.3. The van der Waals surface area contributed by atoms with Gasteiger partial charge >= 0.3 is 0 Å². The second-order valence-electron chi connectivity index (χ2n) is 4.51. The van der Waals surface area contributed by atoms with Crippen molar-refractivity contribution in [3.63, 3.8) is 0 Å². The molecule has 0 atom stereocenters. The van der Waals surface area contributed by atoms with E-state index in [-0.39, 0.29) is 0 Å². The van der Waals surface area contributed by atoms with Gasteiger partial charge in [0.1, 0.15) is 5.52 Å². The predicted octanol–water partition coefficient (Wildman–Crippen LogP) is 1.73. The molecule has 7 heteroatoms. The third-order valence-electron chi connectivity index (χ3n) is 3.30. The number of fused-ring (bicyclic) bond motifs is 1. The maximum Gasteiger partial charge on any atom is 0.202 e. The van der Waals surface area contributed by atoms with Crippen molar-refractivity contribution in [2.45, 2.75) is 26.8 Å². The maximum atomic E-state index is 6.05. The number of anilines is 1. The second kappa shape index (κ2) is 4.34. The number of nitrogens with zero attached hydrogens (tertiary/aromatic N) is 5. The first-order chi connectivity index (χ1) is 9.11. The predicted molar refractivity (Wildman–Crippen MR) is 76.2 cm³/mol. The van der Waals surface area contributed by atoms with E-state index in [0.717, 1.165) is 29.0 Å². The van der Waals surface area contributed by atoms with Crippen LogP contribution in [0, 0.1) is 6.92 Å². The minimum atomic E-state index is 0.533. The molecule has 3 aromatic heterocycles. The first kappa shape index (κ1) is 12.2. The van der Waals surface area contributed by atoms with Crippen LogP contribution in [0.15, 0.2) is 5.51 Å². The van der Waals surface area contributed by atoms with Gasteiger partial charge in [-0.3, -0.25) is 9.25 Å². The van der Waals surface area contributed by atoms with Gasteiger partial charge in [0, 0.05) is 11.9 Å². The fourth-order valence-corrected chi connectivity index (χ4v) is 3.04. The van der Waals surface area contributed by atoms with Gasteiger partial charge in [-0.2, -0.15) is 5.10 Å². The van der Waals surface area contributed by atoms with E-state index in [0.29, 0.717) is 12.5 Å². The average molecular weight is 276 g/mol. The topological polar surface area (TPSA) is 74.6 Å². The maximum absolute atomic E-state index is 6.05. The van der Waals surface area contributed by atoms with Crippen molar-refractivity contribution in [2.75, 3.05) is 5.73 Å². The molecule has 0 amide bonds. The smallest absolute Gasteiger partial charge is 0.202 e. The van der Waals surface area contributed by atoms with Crippen molar-refractivity contribution in [1.29, 1.82) is 0 Å². The molecule has 0 unspecified atom stereocenters. The lowest BCUT2D eigenvalue weighted by Gasteiger charge is -2.05. The van der Waals surface area contributed by atoms with Gasteiger partial charge in [0.05, 0.1) is 23.4 Å². The number of rotatable bonds is 3. The molecule has 0 radical (unpaired) electrons. The Balaban J connectivity index is 2.15. The molecule has 0 fully saturated rings. The quantitative estimate of drug-likeness (QED) is 0.790. The monoisotopic (exact) mass is 276 g/mol. The van der Waals surface area contributed by atoms with Crippen molar-refractivity contribution < 1.29 is 0 Å². The van der Waals surface area contributed by atoms with Crippen LogP contribution in [-0.4, -0.2) is 24.3 Å². The summed E-state index contributed by atoms with van der Waals surface area (Å²) in [6, 6.07) is 0. The van der Waals surface area contributed by atoms with E-state index in [1.165, 1.54) is 4.88 Å². The highest BCUT2D eigenvalue weighted by atomic mass is 32.1. The van der Waals surface area contributed by atoms with E-state index in [1.54, 1.807) is 11.3 Å². The molecule has 19 heavy (non-hydrogen) atoms. The van der Waals surface area contributed by atoms with E-state index in [4.69, 9.17) is 5.73 Å². The molecule has 100 valence electrons. The molecule has 2 N–H and O–H groups in total. The summed E-state index contributed by atoms with van der Waals surface area (Å²) in [5, 5.41) is 4.49. The van der Waals surface area contributed by atoms with E-state index in [2.05, 4.69) is 22.0 Å². The summed E-state index contributed by atoms with van der Waals surface area (Å²) in [5.74, 6) is 0.533. The standard InChI is InChI=1S/C12H16N6S/c1-4-8-10-11(17(3)16-8)18(12(13)15-10)5-9-7(2)14-6-19-9/h6H,4-5H2,1-3H3,(H2,13,15). The summed E-state index contributed by atoms with van der Waals surface area (Å²) in [6.45, 7) is 4.78. The Morgan fingerprint density at radius 1 is 1.42 bits per heavy atom. The lowest BCUT2D eigenvalue weighted by molar-refractivity contribution is 0.721. The highest BCUT2D eigenvalue weighted by Crippen LogP contribution is 2.24. The number of hydrogen-bond donors (Lipinski definition) is 1. The number of nitrogen functional groups attached to an aromatic ring is 1. The summed E-state index contributed by atoms with van der Waals surface area (Å²) in [4.78, 5) is 9.93. The SMILES string of the molecule is CCc1nn(C)c2c1nc(N)n2Cc1scnc1C. The Hall–Kier alpha value is -1.89. The molecule has 0 bridgehead atoms. The van der Waals surface area contributed by atoms with Gasteiger partial charge < -0.3 is 5.73 Å². The minimum absolute atomic E-state index is 0.533. The van der Waals surface area contributed by atoms with E-state index in [1.807, 2.05) is 28.7 Å². The van der Waals surface area contributed by atoms with Crippen LogP contribution in [0.2, 0.25) is 0 Å². The number of aromatic nitrogens is 5. The van der Waals surface area contributed by atoms with Gasteiger partial charge in [-0.05, 0) is 13.3 Å². The summed E-state index contributed by atoms with van der Waals surface area (Å²) in [5.41, 5.74) is 11.8. The number of imidazole rings is 1. The van der Waals surface area contributed by atoms with Gasteiger partial charge in [0.2, 0.25) is 5.95 Å². The molecule has 3 rings (SSSR count). The summed E-state index contributed by atoms with van der Waals surface area (Å²) in [6.07, 6.45) is 0.855. The molecule has 0 aliphatic rings. The van der Waals surface area contributed by atoms with Crippen molar-refractivity contribution in [1.82, 2.24) is 24.3 Å². The highest BCUT2D eigenvalue weighted by molar-refractivity contribution is 7.09. The van der Waals surface area contributed by atoms with Crippen molar-refractivity contribution in [3.8, 4) is 0 Å². The number of nitrogens with two attached hydrogens (primary N) is 1. The van der Waals surface area contributed by atoms with Gasteiger partial charge in [0.15, 0.2) is 5.65 Å². The van der Waals surface area contributed by atoms with Crippen LogP contribution in [-0.2, 0) is 20.0 Å². The Morgan fingerprint density at radius 2 is 2.21 bits per heavy atom. The van der Waals surface area contributed by atoms with Crippen molar-refractivity contribution in [2.24, 2.45) is 7.05 Å². The average Bonchev–Trinajstić information content (AvgIpc) is 3.00. The zero-order valence-electron chi connectivity index (χ0n) is 11.2. The fraction of sp³-hybridized carbons (Fsp3) is 0.417. The largest absolute Gasteiger partial charge is 0.369 e. The molecule has 3 heterocycles. The first-order valence-electron chi connectivity index (χ1n) is 6.18. The van der Waals surface area contributed by atoms with Gasteiger partial charge in [-0.15, -0.1) is 11.3 Å². The molecule has 6 nitrogen and oxygen atoms in total. The Kier molecular flexibility index (Phi) is 2.78.